The predicted molar refractivity (Wildman–Crippen MR) is 80.2 cm³/mol. The number of alkyl halides is 1. The van der Waals surface area contributed by atoms with Crippen LogP contribution in [0.1, 0.15) is 22.1 Å². The van der Waals surface area contributed by atoms with Crippen LogP contribution in [0.4, 0.5) is 0 Å². The van der Waals surface area contributed by atoms with E-state index >= 15 is 0 Å². The van der Waals surface area contributed by atoms with Crippen molar-refractivity contribution in [3.63, 3.8) is 0 Å². The summed E-state index contributed by atoms with van der Waals surface area (Å²) in [6, 6.07) is 11.5. The number of ether oxygens (including phenoxy) is 1. The molecule has 4 rings (SSSR count). The minimum Gasteiger partial charge on any atom is -0.493 e. The zero-order valence-electron chi connectivity index (χ0n) is 11.1. The number of hydrogen-bond donors (Lipinski definition) is 1. The first-order chi connectivity index (χ1) is 10.2. The quantitative estimate of drug-likeness (QED) is 0.738. The Morgan fingerprint density at radius 3 is 2.86 bits per heavy atom. The highest BCUT2D eigenvalue weighted by molar-refractivity contribution is 6.22. The third-order valence-electron chi connectivity index (χ3n) is 3.74. The van der Waals surface area contributed by atoms with Crippen LogP contribution in [0, 0.1) is 0 Å². The molecule has 1 atom stereocenters. The first-order valence-electron chi connectivity index (χ1n) is 6.73. The summed E-state index contributed by atoms with van der Waals surface area (Å²) in [6.07, 6.45) is 0.915. The molecule has 1 aromatic heterocycles. The van der Waals surface area contributed by atoms with Gasteiger partial charge in [-0.05, 0) is 34.9 Å². The lowest BCUT2D eigenvalue weighted by Crippen LogP contribution is -1.94. The van der Waals surface area contributed by atoms with Gasteiger partial charge in [-0.3, -0.25) is 4.98 Å². The van der Waals surface area contributed by atoms with Gasteiger partial charge in [0.05, 0.1) is 17.5 Å². The number of H-pyrrole nitrogens is 1. The van der Waals surface area contributed by atoms with Gasteiger partial charge in [-0.1, -0.05) is 18.2 Å². The molecule has 1 aliphatic heterocycles. The summed E-state index contributed by atoms with van der Waals surface area (Å²) in [5.74, 6) is 0.484. The van der Waals surface area contributed by atoms with Crippen molar-refractivity contribution in [3.05, 3.63) is 63.6 Å². The lowest BCUT2D eigenvalue weighted by Gasteiger charge is -2.11. The van der Waals surface area contributed by atoms with Crippen molar-refractivity contribution in [2.45, 2.75) is 11.8 Å². The van der Waals surface area contributed by atoms with Gasteiger partial charge in [0.25, 0.3) is 0 Å². The average molecular weight is 302 g/mol. The Labute approximate surface area is 125 Å². The summed E-state index contributed by atoms with van der Waals surface area (Å²) in [5.41, 5.74) is 4.29. The van der Waals surface area contributed by atoms with Crippen LogP contribution in [-0.4, -0.2) is 11.6 Å². The van der Waals surface area contributed by atoms with E-state index in [-0.39, 0.29) is 5.38 Å². The molecule has 1 aliphatic rings. The van der Waals surface area contributed by atoms with Crippen LogP contribution in [0.3, 0.4) is 0 Å². The first kappa shape index (κ1) is 12.5. The van der Waals surface area contributed by atoms with Crippen LogP contribution in [-0.2, 0) is 6.42 Å². The minimum absolute atomic E-state index is 0.291. The molecule has 0 aliphatic carbocycles. The molecule has 21 heavy (non-hydrogen) atoms. The van der Waals surface area contributed by atoms with Gasteiger partial charge in [0.15, 0.2) is 5.58 Å². The number of halogens is 1. The second kappa shape index (κ2) is 4.67. The topological polar surface area (TPSA) is 55.2 Å². The van der Waals surface area contributed by atoms with E-state index in [1.54, 1.807) is 12.1 Å². The monoisotopic (exact) mass is 301 g/mol. The molecule has 0 saturated heterocycles. The van der Waals surface area contributed by atoms with Gasteiger partial charge in [-0.25, -0.2) is 4.79 Å². The highest BCUT2D eigenvalue weighted by Crippen LogP contribution is 2.34. The largest absolute Gasteiger partial charge is 0.493 e. The molecule has 4 nitrogen and oxygen atoms in total. The van der Waals surface area contributed by atoms with Crippen LogP contribution in [0.5, 0.6) is 5.75 Å². The third kappa shape index (κ3) is 2.12. The van der Waals surface area contributed by atoms with Crippen molar-refractivity contribution in [3.8, 4) is 5.75 Å². The van der Waals surface area contributed by atoms with E-state index in [1.807, 2.05) is 18.2 Å². The molecule has 5 heteroatoms. The van der Waals surface area contributed by atoms with Gasteiger partial charge in [0.2, 0.25) is 0 Å². The molecule has 0 radical (unpaired) electrons. The highest BCUT2D eigenvalue weighted by Gasteiger charge is 2.17. The zero-order chi connectivity index (χ0) is 14.4. The van der Waals surface area contributed by atoms with Gasteiger partial charge in [0.1, 0.15) is 5.75 Å². The molecule has 2 heterocycles. The molecule has 3 aromatic rings. The number of oxazole rings is 1. The van der Waals surface area contributed by atoms with E-state index in [2.05, 4.69) is 11.1 Å². The zero-order valence-corrected chi connectivity index (χ0v) is 11.8. The standard InChI is InChI=1S/C16H12ClNO3/c17-15(10-2-4-13-9(7-10)5-6-20-13)11-1-3-12-14(8-11)21-16(19)18-12/h1-4,7-8,15H,5-6H2,(H,18,19). The molecule has 0 bridgehead atoms. The maximum absolute atomic E-state index is 11.2. The molecular weight excluding hydrogens is 290 g/mol. The number of hydrogen-bond acceptors (Lipinski definition) is 3. The summed E-state index contributed by atoms with van der Waals surface area (Å²) >= 11 is 6.57. The highest BCUT2D eigenvalue weighted by atomic mass is 35.5. The number of nitrogens with one attached hydrogen (secondary N) is 1. The first-order valence-corrected chi connectivity index (χ1v) is 7.17. The SMILES string of the molecule is O=c1[nH]c2ccc(C(Cl)c3ccc4c(c3)CCO4)cc2o1. The lowest BCUT2D eigenvalue weighted by atomic mass is 10.0. The van der Waals surface area contributed by atoms with E-state index in [1.165, 1.54) is 5.56 Å². The van der Waals surface area contributed by atoms with Crippen molar-refractivity contribution in [2.24, 2.45) is 0 Å². The fourth-order valence-corrected chi connectivity index (χ4v) is 2.95. The van der Waals surface area contributed by atoms with Crippen molar-refractivity contribution in [2.75, 3.05) is 6.61 Å². The summed E-state index contributed by atoms with van der Waals surface area (Å²) in [4.78, 5) is 13.8. The van der Waals surface area contributed by atoms with Gasteiger partial charge >= 0.3 is 5.76 Å². The Kier molecular flexibility index (Phi) is 2.79. The van der Waals surface area contributed by atoms with E-state index in [4.69, 9.17) is 20.8 Å². The van der Waals surface area contributed by atoms with Crippen LogP contribution in [0.25, 0.3) is 11.1 Å². The van der Waals surface area contributed by atoms with Crippen molar-refractivity contribution in [1.82, 2.24) is 4.98 Å². The second-order valence-corrected chi connectivity index (χ2v) is 5.53. The van der Waals surface area contributed by atoms with Crippen LogP contribution in [0.15, 0.2) is 45.6 Å². The van der Waals surface area contributed by atoms with Crippen LogP contribution < -0.4 is 10.5 Å². The van der Waals surface area contributed by atoms with Crippen LogP contribution in [0.2, 0.25) is 0 Å². The number of benzene rings is 2. The van der Waals surface area contributed by atoms with E-state index in [9.17, 15) is 4.79 Å². The number of rotatable bonds is 2. The number of fused-ring (bicyclic) bond motifs is 2. The maximum atomic E-state index is 11.2. The van der Waals surface area contributed by atoms with Gasteiger partial charge in [-0.15, -0.1) is 11.6 Å². The van der Waals surface area contributed by atoms with E-state index in [0.29, 0.717) is 11.1 Å². The van der Waals surface area contributed by atoms with Gasteiger partial charge < -0.3 is 9.15 Å². The van der Waals surface area contributed by atoms with Gasteiger partial charge in [-0.2, -0.15) is 0 Å². The summed E-state index contributed by atoms with van der Waals surface area (Å²) in [5, 5.41) is -0.291. The summed E-state index contributed by atoms with van der Waals surface area (Å²) in [7, 11) is 0. The molecule has 1 unspecified atom stereocenters. The fraction of sp³-hybridized carbons (Fsp3) is 0.188. The Bertz CT molecular complexity index is 881. The summed E-state index contributed by atoms with van der Waals surface area (Å²) in [6.45, 7) is 0.728. The minimum atomic E-state index is -0.456. The maximum Gasteiger partial charge on any atom is 0.417 e. The normalized spacial score (nSPS) is 14.9. The molecule has 106 valence electrons. The molecule has 0 fully saturated rings. The van der Waals surface area contributed by atoms with Crippen molar-refractivity contribution >= 4 is 22.7 Å². The Morgan fingerprint density at radius 1 is 1.14 bits per heavy atom. The molecule has 0 amide bonds. The lowest BCUT2D eigenvalue weighted by molar-refractivity contribution is 0.357. The molecule has 0 spiro atoms. The molecule has 2 aromatic carbocycles. The van der Waals surface area contributed by atoms with Gasteiger partial charge in [0, 0.05) is 6.42 Å². The van der Waals surface area contributed by atoms with Crippen molar-refractivity contribution < 1.29 is 9.15 Å². The van der Waals surface area contributed by atoms with E-state index in [0.717, 1.165) is 29.9 Å². The average Bonchev–Trinajstić information content (AvgIpc) is 3.09. The predicted octanol–water partition coefficient (Wildman–Crippen LogP) is 3.38. The van der Waals surface area contributed by atoms with E-state index < -0.39 is 5.76 Å². The fourth-order valence-electron chi connectivity index (χ4n) is 2.68. The molecule has 1 N–H and O–H groups in total. The van der Waals surface area contributed by atoms with Crippen LogP contribution >= 0.6 is 11.6 Å². The second-order valence-electron chi connectivity index (χ2n) is 5.10. The Morgan fingerprint density at radius 2 is 1.95 bits per heavy atom. The van der Waals surface area contributed by atoms with Crippen molar-refractivity contribution in [1.29, 1.82) is 0 Å². The Hall–Kier alpha value is -2.20. The smallest absolute Gasteiger partial charge is 0.417 e. The third-order valence-corrected chi connectivity index (χ3v) is 4.25. The Balaban J connectivity index is 1.75. The number of aromatic amines is 1. The molecular formula is C16H12ClNO3. The number of aromatic nitrogens is 1. The summed E-state index contributed by atoms with van der Waals surface area (Å²) < 4.78 is 10.6. The molecule has 0 saturated carbocycles.